The number of anilines is 1. The average Bonchev–Trinajstić information content (AvgIpc) is 3.22. The number of hydrogen-bond donors (Lipinski definition) is 2. The number of alkyl halides is 2. The van der Waals surface area contributed by atoms with Crippen LogP contribution < -0.4 is 11.1 Å². The zero-order valence-electron chi connectivity index (χ0n) is 13.7. The van der Waals surface area contributed by atoms with E-state index in [9.17, 15) is 18.0 Å². The van der Waals surface area contributed by atoms with E-state index in [4.69, 9.17) is 17.3 Å². The summed E-state index contributed by atoms with van der Waals surface area (Å²) in [7, 11) is 0. The molecule has 0 fully saturated rings. The minimum absolute atomic E-state index is 0.0643. The van der Waals surface area contributed by atoms with Crippen LogP contribution in [0, 0.1) is 5.82 Å². The van der Waals surface area contributed by atoms with Crippen LogP contribution in [0.25, 0.3) is 11.3 Å². The van der Waals surface area contributed by atoms with Crippen molar-refractivity contribution in [3.63, 3.8) is 0 Å². The first-order valence-electron chi connectivity index (χ1n) is 7.91. The minimum atomic E-state index is -2.78. The first-order chi connectivity index (χ1) is 12.8. The number of carbonyl (C=O) groups is 1. The Labute approximate surface area is 156 Å². The third-order valence-electron chi connectivity index (χ3n) is 4.42. The number of fused-ring (bicyclic) bond motifs is 1. The highest BCUT2D eigenvalue weighted by atomic mass is 35.5. The number of halogens is 4. The molecule has 4 rings (SSSR count). The van der Waals surface area contributed by atoms with Crippen LogP contribution >= 0.6 is 11.6 Å². The van der Waals surface area contributed by atoms with E-state index < -0.39 is 18.4 Å². The Morgan fingerprint density at radius 1 is 1.33 bits per heavy atom. The van der Waals surface area contributed by atoms with Crippen LogP contribution in [-0.2, 0) is 11.3 Å². The number of benzene rings is 1. The van der Waals surface area contributed by atoms with Gasteiger partial charge in [0.25, 0.3) is 0 Å². The van der Waals surface area contributed by atoms with Crippen LogP contribution in [0.15, 0.2) is 36.7 Å². The van der Waals surface area contributed by atoms with Gasteiger partial charge in [0.2, 0.25) is 5.91 Å². The van der Waals surface area contributed by atoms with Gasteiger partial charge in [-0.2, -0.15) is 13.9 Å². The van der Waals surface area contributed by atoms with E-state index in [1.807, 2.05) is 0 Å². The monoisotopic (exact) mass is 395 g/mol. The Morgan fingerprint density at radius 3 is 2.81 bits per heavy atom. The number of nitrogens with one attached hydrogen (secondary N) is 1. The smallest absolute Gasteiger partial charge is 0.333 e. The number of nitrogen functional groups attached to an aromatic ring is 1. The summed E-state index contributed by atoms with van der Waals surface area (Å²) in [5, 5.41) is 6.63. The maximum Gasteiger partial charge on any atom is 0.333 e. The van der Waals surface area contributed by atoms with Gasteiger partial charge in [-0.25, -0.2) is 9.07 Å². The fourth-order valence-electron chi connectivity index (χ4n) is 3.27. The average molecular weight is 396 g/mol. The van der Waals surface area contributed by atoms with Crippen molar-refractivity contribution < 1.29 is 18.0 Å². The number of rotatable bonds is 3. The molecule has 2 aromatic heterocycles. The lowest BCUT2D eigenvalue weighted by Crippen LogP contribution is -2.39. The maximum atomic E-state index is 13.7. The second kappa shape index (κ2) is 6.34. The van der Waals surface area contributed by atoms with Crippen LogP contribution in [-0.4, -0.2) is 20.3 Å². The molecule has 0 bridgehead atoms. The van der Waals surface area contributed by atoms with Crippen molar-refractivity contribution in [1.82, 2.24) is 19.7 Å². The lowest BCUT2D eigenvalue weighted by atomic mass is 10.0. The number of aromatic nitrogens is 3. The third-order valence-corrected chi connectivity index (χ3v) is 4.76. The molecule has 0 aliphatic carbocycles. The highest BCUT2D eigenvalue weighted by molar-refractivity contribution is 6.31. The van der Waals surface area contributed by atoms with Crippen LogP contribution in [0.5, 0.6) is 0 Å². The molecule has 140 valence electrons. The first-order valence-corrected chi connectivity index (χ1v) is 8.29. The van der Waals surface area contributed by atoms with Crippen LogP contribution in [0.1, 0.15) is 23.8 Å². The first kappa shape index (κ1) is 17.5. The molecule has 1 aromatic carbocycles. The molecule has 3 heterocycles. The topological polar surface area (TPSA) is 77.9 Å². The summed E-state index contributed by atoms with van der Waals surface area (Å²) in [6.45, 7) is -2.85. The van der Waals surface area contributed by atoms with Gasteiger partial charge < -0.3 is 15.6 Å². The molecule has 1 aliphatic heterocycles. The molecule has 6 nitrogen and oxygen atoms in total. The quantitative estimate of drug-likeness (QED) is 0.714. The highest BCUT2D eigenvalue weighted by Crippen LogP contribution is 2.38. The number of amides is 1. The normalized spacial score (nSPS) is 16.5. The molecule has 0 saturated heterocycles. The number of nitrogens with two attached hydrogens (primary N) is 1. The molecule has 1 unspecified atom stereocenters. The Kier molecular flexibility index (Phi) is 4.11. The van der Waals surface area contributed by atoms with Crippen molar-refractivity contribution in [1.29, 1.82) is 0 Å². The molecule has 1 aliphatic rings. The Hall–Kier alpha value is -2.94. The molecule has 0 spiro atoms. The van der Waals surface area contributed by atoms with Crippen molar-refractivity contribution in [2.75, 3.05) is 5.73 Å². The van der Waals surface area contributed by atoms with E-state index in [-0.39, 0.29) is 17.5 Å². The van der Waals surface area contributed by atoms with Crippen molar-refractivity contribution in [3.8, 4) is 11.3 Å². The van der Waals surface area contributed by atoms with E-state index >= 15 is 0 Å². The highest BCUT2D eigenvalue weighted by Gasteiger charge is 2.32. The molecular weight excluding hydrogens is 383 g/mol. The minimum Gasteiger partial charge on any atom is -0.397 e. The van der Waals surface area contributed by atoms with Gasteiger partial charge >= 0.3 is 6.55 Å². The van der Waals surface area contributed by atoms with Gasteiger partial charge in [-0.3, -0.25) is 4.79 Å². The Morgan fingerprint density at radius 2 is 2.11 bits per heavy atom. The van der Waals surface area contributed by atoms with E-state index in [1.54, 1.807) is 10.6 Å². The summed E-state index contributed by atoms with van der Waals surface area (Å²) in [6, 6.07) is 4.63. The van der Waals surface area contributed by atoms with Crippen LogP contribution in [0.4, 0.5) is 18.9 Å². The molecule has 0 saturated carbocycles. The molecule has 0 radical (unpaired) electrons. The van der Waals surface area contributed by atoms with Crippen molar-refractivity contribution in [3.05, 3.63) is 58.8 Å². The zero-order valence-corrected chi connectivity index (χ0v) is 14.4. The second-order valence-electron chi connectivity index (χ2n) is 6.11. The van der Waals surface area contributed by atoms with Gasteiger partial charge in [-0.05, 0) is 24.3 Å². The van der Waals surface area contributed by atoms with Crippen LogP contribution in [0.3, 0.4) is 0 Å². The second-order valence-corrected chi connectivity index (χ2v) is 6.52. The van der Waals surface area contributed by atoms with Gasteiger partial charge in [0, 0.05) is 22.3 Å². The standard InChI is InChI=1S/C17H13ClF3N5O/c18-11-2-1-9(19)3-10(11)15-16-12(22)4-13(25(16)7-14(27)24-15)8-5-23-26(6-8)17(20)21/h1-6,15,17H,7,22H2,(H,24,27). The SMILES string of the molecule is Nc1cc(-c2cnn(C(F)F)c2)n2c1C(c1cc(F)ccc1Cl)NC(=O)C2. The van der Waals surface area contributed by atoms with Gasteiger partial charge in [-0.15, -0.1) is 0 Å². The fraction of sp³-hybridized carbons (Fsp3) is 0.176. The van der Waals surface area contributed by atoms with Gasteiger partial charge in [0.1, 0.15) is 12.4 Å². The van der Waals surface area contributed by atoms with Crippen molar-refractivity contribution in [2.24, 2.45) is 0 Å². The molecule has 3 N–H and O–H groups in total. The number of carbonyl (C=O) groups excluding carboxylic acids is 1. The molecule has 3 aromatic rings. The molecule has 1 atom stereocenters. The fourth-order valence-corrected chi connectivity index (χ4v) is 3.50. The molecule has 10 heteroatoms. The molecular formula is C17H13ClF3N5O. The summed E-state index contributed by atoms with van der Waals surface area (Å²) in [4.78, 5) is 12.3. The predicted octanol–water partition coefficient (Wildman–Crippen LogP) is 3.34. The predicted molar refractivity (Wildman–Crippen MR) is 92.7 cm³/mol. The van der Waals surface area contributed by atoms with Crippen molar-refractivity contribution in [2.45, 2.75) is 19.1 Å². The largest absolute Gasteiger partial charge is 0.397 e. The number of nitrogens with zero attached hydrogens (tertiary/aromatic N) is 3. The summed E-state index contributed by atoms with van der Waals surface area (Å²) in [5.41, 5.74) is 8.16. The van der Waals surface area contributed by atoms with E-state index in [0.717, 1.165) is 0 Å². The summed E-state index contributed by atoms with van der Waals surface area (Å²) < 4.78 is 41.5. The third kappa shape index (κ3) is 2.93. The summed E-state index contributed by atoms with van der Waals surface area (Å²) >= 11 is 6.19. The molecule has 1 amide bonds. The zero-order chi connectivity index (χ0) is 19.3. The van der Waals surface area contributed by atoms with E-state index in [2.05, 4.69) is 10.4 Å². The molecule has 27 heavy (non-hydrogen) atoms. The van der Waals surface area contributed by atoms with Gasteiger partial charge in [0.15, 0.2) is 0 Å². The van der Waals surface area contributed by atoms with E-state index in [0.29, 0.717) is 32.9 Å². The summed E-state index contributed by atoms with van der Waals surface area (Å²) in [6.07, 6.45) is 2.44. The van der Waals surface area contributed by atoms with Crippen molar-refractivity contribution >= 4 is 23.2 Å². The summed E-state index contributed by atoms with van der Waals surface area (Å²) in [5.74, 6) is -0.852. The lowest BCUT2D eigenvalue weighted by molar-refractivity contribution is -0.123. The van der Waals surface area contributed by atoms with E-state index in [1.165, 1.54) is 30.6 Å². The van der Waals surface area contributed by atoms with Gasteiger partial charge in [0.05, 0.1) is 29.3 Å². The van der Waals surface area contributed by atoms with Crippen LogP contribution in [0.2, 0.25) is 5.02 Å². The lowest BCUT2D eigenvalue weighted by Gasteiger charge is -2.28. The Balaban J connectivity index is 1.87. The maximum absolute atomic E-state index is 13.7. The Bertz CT molecular complexity index is 1050. The number of hydrogen-bond acceptors (Lipinski definition) is 3. The van der Waals surface area contributed by atoms with Gasteiger partial charge in [-0.1, -0.05) is 11.6 Å².